The molecule has 0 atom stereocenters. The number of anilines is 1. The third kappa shape index (κ3) is 8.64. The zero-order valence-corrected chi connectivity index (χ0v) is 21.0. The van der Waals surface area contributed by atoms with Crippen molar-refractivity contribution in [2.24, 2.45) is 0 Å². The van der Waals surface area contributed by atoms with Crippen molar-refractivity contribution >= 4 is 21.6 Å². The van der Waals surface area contributed by atoms with Crippen LogP contribution in [0.5, 0.6) is 11.5 Å². The Morgan fingerprint density at radius 1 is 0.914 bits per heavy atom. The summed E-state index contributed by atoms with van der Waals surface area (Å²) in [6.07, 6.45) is 1.77. The zero-order chi connectivity index (χ0) is 25.1. The molecule has 3 aromatic rings. The molecule has 3 rings (SSSR count). The Morgan fingerprint density at radius 2 is 1.60 bits per heavy atom. The summed E-state index contributed by atoms with van der Waals surface area (Å²) in [7, 11) is -3.50. The zero-order valence-electron chi connectivity index (χ0n) is 20.1. The molecular weight excluding hydrogens is 464 g/mol. The quantitative estimate of drug-likeness (QED) is 0.356. The summed E-state index contributed by atoms with van der Waals surface area (Å²) in [5.74, 6) is 1.30. The third-order valence-corrected chi connectivity index (χ3v) is 6.51. The SMILES string of the molecule is Cc1ccccc1OCCNC(=O)CCCN(c1ccc(OCc2ccccc2)cc1)S(C)(=O)=O. The molecule has 3 aromatic carbocycles. The van der Waals surface area contributed by atoms with Crippen LogP contribution in [-0.2, 0) is 21.4 Å². The van der Waals surface area contributed by atoms with E-state index in [-0.39, 0.29) is 18.9 Å². The molecule has 0 heterocycles. The Balaban J connectivity index is 1.44. The average Bonchev–Trinajstić information content (AvgIpc) is 2.84. The van der Waals surface area contributed by atoms with Gasteiger partial charge in [-0.1, -0.05) is 48.5 Å². The minimum absolute atomic E-state index is 0.142. The number of carbonyl (C=O) groups excluding carboxylic acids is 1. The molecule has 0 radical (unpaired) electrons. The van der Waals surface area contributed by atoms with E-state index < -0.39 is 10.0 Å². The van der Waals surface area contributed by atoms with Gasteiger partial charge in [-0.2, -0.15) is 0 Å². The number of nitrogens with one attached hydrogen (secondary N) is 1. The van der Waals surface area contributed by atoms with Crippen LogP contribution in [0.1, 0.15) is 24.0 Å². The molecule has 0 unspecified atom stereocenters. The molecule has 1 N–H and O–H groups in total. The second-order valence-corrected chi connectivity index (χ2v) is 10.1. The average molecular weight is 497 g/mol. The van der Waals surface area contributed by atoms with Gasteiger partial charge in [0, 0.05) is 13.0 Å². The van der Waals surface area contributed by atoms with Gasteiger partial charge in [-0.3, -0.25) is 9.10 Å². The van der Waals surface area contributed by atoms with Gasteiger partial charge in [0.05, 0.1) is 18.5 Å². The van der Waals surface area contributed by atoms with Crippen LogP contribution in [0.25, 0.3) is 0 Å². The highest BCUT2D eigenvalue weighted by atomic mass is 32.2. The Labute approximate surface area is 207 Å². The van der Waals surface area contributed by atoms with Crippen molar-refractivity contribution in [3.63, 3.8) is 0 Å². The number of benzene rings is 3. The van der Waals surface area contributed by atoms with E-state index in [2.05, 4.69) is 5.32 Å². The summed E-state index contributed by atoms with van der Waals surface area (Å²) in [6.45, 7) is 3.35. The predicted molar refractivity (Wildman–Crippen MR) is 138 cm³/mol. The number of amides is 1. The molecule has 0 aromatic heterocycles. The first kappa shape index (κ1) is 26.1. The maximum atomic E-state index is 12.4. The fourth-order valence-corrected chi connectivity index (χ4v) is 4.44. The first-order valence-corrected chi connectivity index (χ1v) is 13.4. The van der Waals surface area contributed by atoms with Crippen molar-refractivity contribution < 1.29 is 22.7 Å². The van der Waals surface area contributed by atoms with Crippen molar-refractivity contribution in [1.29, 1.82) is 0 Å². The lowest BCUT2D eigenvalue weighted by atomic mass is 10.2. The second-order valence-electron chi connectivity index (χ2n) is 8.17. The molecule has 1 amide bonds. The van der Waals surface area contributed by atoms with Gasteiger partial charge in [-0.05, 0) is 54.8 Å². The van der Waals surface area contributed by atoms with Gasteiger partial charge in [-0.15, -0.1) is 0 Å². The molecule has 35 heavy (non-hydrogen) atoms. The lowest BCUT2D eigenvalue weighted by molar-refractivity contribution is -0.121. The number of rotatable bonds is 13. The number of nitrogens with zero attached hydrogens (tertiary/aromatic N) is 1. The van der Waals surface area contributed by atoms with Crippen LogP contribution in [-0.4, -0.2) is 40.3 Å². The molecule has 0 aliphatic heterocycles. The normalized spacial score (nSPS) is 11.0. The monoisotopic (exact) mass is 496 g/mol. The highest BCUT2D eigenvalue weighted by Crippen LogP contribution is 2.23. The van der Waals surface area contributed by atoms with Crippen LogP contribution < -0.4 is 19.1 Å². The highest BCUT2D eigenvalue weighted by molar-refractivity contribution is 7.92. The summed E-state index contributed by atoms with van der Waals surface area (Å²) in [6, 6.07) is 24.4. The summed E-state index contributed by atoms with van der Waals surface area (Å²) in [5, 5.41) is 2.81. The number of sulfonamides is 1. The van der Waals surface area contributed by atoms with Gasteiger partial charge < -0.3 is 14.8 Å². The topological polar surface area (TPSA) is 84.9 Å². The van der Waals surface area contributed by atoms with Crippen molar-refractivity contribution in [2.45, 2.75) is 26.4 Å². The standard InChI is InChI=1S/C27H32N2O5S/c1-22-9-6-7-12-26(22)33-20-18-28-27(30)13-8-19-29(35(2,31)32)24-14-16-25(17-15-24)34-21-23-10-4-3-5-11-23/h3-7,9-12,14-17H,8,13,18-21H2,1-2H3,(H,28,30). The van der Waals surface area contributed by atoms with E-state index in [1.807, 2.05) is 61.5 Å². The van der Waals surface area contributed by atoms with E-state index in [0.717, 1.165) is 23.1 Å². The number of hydrogen-bond donors (Lipinski definition) is 1. The maximum absolute atomic E-state index is 12.4. The third-order valence-electron chi connectivity index (χ3n) is 5.31. The van der Waals surface area contributed by atoms with E-state index in [1.54, 1.807) is 24.3 Å². The van der Waals surface area contributed by atoms with E-state index >= 15 is 0 Å². The van der Waals surface area contributed by atoms with E-state index in [0.29, 0.717) is 37.6 Å². The fraction of sp³-hybridized carbons (Fsp3) is 0.296. The molecule has 186 valence electrons. The van der Waals surface area contributed by atoms with Gasteiger partial charge in [0.1, 0.15) is 24.7 Å². The maximum Gasteiger partial charge on any atom is 0.232 e. The smallest absolute Gasteiger partial charge is 0.232 e. The second kappa shape index (κ2) is 12.8. The minimum Gasteiger partial charge on any atom is -0.491 e. The summed E-state index contributed by atoms with van der Waals surface area (Å²) >= 11 is 0. The number of aryl methyl sites for hydroxylation is 1. The van der Waals surface area contributed by atoms with Crippen LogP contribution in [0.4, 0.5) is 5.69 Å². The molecule has 0 saturated heterocycles. The van der Waals surface area contributed by atoms with Crippen molar-refractivity contribution in [3.05, 3.63) is 90.0 Å². The van der Waals surface area contributed by atoms with Gasteiger partial charge in [0.15, 0.2) is 0 Å². The van der Waals surface area contributed by atoms with Crippen LogP contribution in [0.3, 0.4) is 0 Å². The molecule has 0 saturated carbocycles. The molecular formula is C27H32N2O5S. The Hall–Kier alpha value is -3.52. The summed E-state index contributed by atoms with van der Waals surface area (Å²) < 4.78 is 37.5. The van der Waals surface area contributed by atoms with Gasteiger partial charge in [-0.25, -0.2) is 8.42 Å². The van der Waals surface area contributed by atoms with Crippen LogP contribution in [0, 0.1) is 6.92 Å². The highest BCUT2D eigenvalue weighted by Gasteiger charge is 2.17. The fourth-order valence-electron chi connectivity index (χ4n) is 3.48. The molecule has 0 fully saturated rings. The minimum atomic E-state index is -3.50. The summed E-state index contributed by atoms with van der Waals surface area (Å²) in [5.41, 5.74) is 2.62. The largest absolute Gasteiger partial charge is 0.491 e. The first-order chi connectivity index (χ1) is 16.8. The number of ether oxygens (including phenoxy) is 2. The van der Waals surface area contributed by atoms with Gasteiger partial charge in [0.25, 0.3) is 0 Å². The molecule has 7 nitrogen and oxygen atoms in total. The molecule has 0 aliphatic rings. The Kier molecular flexibility index (Phi) is 9.55. The van der Waals surface area contributed by atoms with Crippen LogP contribution >= 0.6 is 0 Å². The predicted octanol–water partition coefficient (Wildman–Crippen LogP) is 4.32. The molecule has 0 aliphatic carbocycles. The van der Waals surface area contributed by atoms with E-state index in [1.165, 1.54) is 4.31 Å². The van der Waals surface area contributed by atoms with Crippen molar-refractivity contribution in [3.8, 4) is 11.5 Å². The Morgan fingerprint density at radius 3 is 2.29 bits per heavy atom. The van der Waals surface area contributed by atoms with Gasteiger partial charge in [0.2, 0.25) is 15.9 Å². The first-order valence-electron chi connectivity index (χ1n) is 11.5. The Bertz CT molecular complexity index is 1180. The molecule has 0 bridgehead atoms. The molecule has 8 heteroatoms. The van der Waals surface area contributed by atoms with Crippen LogP contribution in [0.2, 0.25) is 0 Å². The number of carbonyl (C=O) groups is 1. The van der Waals surface area contributed by atoms with E-state index in [4.69, 9.17) is 9.47 Å². The number of para-hydroxylation sites is 1. The number of hydrogen-bond acceptors (Lipinski definition) is 5. The van der Waals surface area contributed by atoms with Crippen molar-refractivity contribution in [1.82, 2.24) is 5.32 Å². The van der Waals surface area contributed by atoms with E-state index in [9.17, 15) is 13.2 Å². The lowest BCUT2D eigenvalue weighted by Gasteiger charge is -2.22. The van der Waals surface area contributed by atoms with Crippen LogP contribution in [0.15, 0.2) is 78.9 Å². The molecule has 0 spiro atoms. The van der Waals surface area contributed by atoms with Gasteiger partial charge >= 0.3 is 0 Å². The van der Waals surface area contributed by atoms with Crippen molar-refractivity contribution in [2.75, 3.05) is 30.3 Å². The summed E-state index contributed by atoms with van der Waals surface area (Å²) in [4.78, 5) is 12.2. The lowest BCUT2D eigenvalue weighted by Crippen LogP contribution is -2.32.